The van der Waals surface area contributed by atoms with E-state index in [1.54, 1.807) is 6.07 Å². The third-order valence-electron chi connectivity index (χ3n) is 4.63. The van der Waals surface area contributed by atoms with Crippen molar-refractivity contribution in [1.82, 2.24) is 10.2 Å². The van der Waals surface area contributed by atoms with Crippen molar-refractivity contribution >= 4 is 25.0 Å². The third-order valence-corrected chi connectivity index (χ3v) is 4.63. The first-order chi connectivity index (χ1) is 15.7. The molecule has 0 aliphatic heterocycles. The van der Waals surface area contributed by atoms with Crippen LogP contribution < -0.4 is 10.1 Å². The lowest BCUT2D eigenvalue weighted by atomic mass is 9.76. The molecular weight excluding hydrogens is 428 g/mol. The molecule has 0 saturated heterocycles. The van der Waals surface area contributed by atoms with Crippen LogP contribution in [0, 0.1) is 17.1 Å². The molecule has 0 aliphatic rings. The Morgan fingerprint density at radius 1 is 1.24 bits per heavy atom. The minimum absolute atomic E-state index is 0.00460. The van der Waals surface area contributed by atoms with Crippen LogP contribution >= 0.6 is 0 Å². The Morgan fingerprint density at radius 3 is 2.55 bits per heavy atom. The lowest BCUT2D eigenvalue weighted by Gasteiger charge is -2.18. The zero-order valence-electron chi connectivity index (χ0n) is 18.4. The standard InChI is InChI=1S/C23H25BFN3O5/c1-28(2)23(30)18(15-26)13-17-14-19(8-9-20(17)25)33-11-10-22(29)27-21(24(31)32)12-16-6-4-3-5-7-16/h3-9,13-14,21,31-32H,10-12H2,1-2H3,(H,27,29). The number of rotatable bonds is 10. The van der Waals surface area contributed by atoms with Gasteiger partial charge in [-0.3, -0.25) is 9.59 Å². The maximum Gasteiger partial charge on any atom is 0.475 e. The minimum atomic E-state index is -1.74. The Labute approximate surface area is 192 Å². The van der Waals surface area contributed by atoms with Gasteiger partial charge in [0.05, 0.1) is 19.0 Å². The van der Waals surface area contributed by atoms with Crippen LogP contribution in [0.5, 0.6) is 5.75 Å². The largest absolute Gasteiger partial charge is 0.493 e. The molecule has 0 heterocycles. The van der Waals surface area contributed by atoms with E-state index in [0.29, 0.717) is 0 Å². The Kier molecular flexibility index (Phi) is 9.60. The third kappa shape index (κ3) is 8.07. The summed E-state index contributed by atoms with van der Waals surface area (Å²) >= 11 is 0. The predicted octanol–water partition coefficient (Wildman–Crippen LogP) is 1.33. The van der Waals surface area contributed by atoms with Crippen molar-refractivity contribution in [2.75, 3.05) is 20.7 Å². The van der Waals surface area contributed by atoms with Crippen LogP contribution in [0.1, 0.15) is 17.5 Å². The number of nitrogens with one attached hydrogen (secondary N) is 1. The van der Waals surface area contributed by atoms with Crippen molar-refractivity contribution in [3.05, 3.63) is 71.0 Å². The number of amides is 2. The van der Waals surface area contributed by atoms with Gasteiger partial charge in [0.15, 0.2) is 0 Å². The molecule has 33 heavy (non-hydrogen) atoms. The van der Waals surface area contributed by atoms with E-state index in [0.717, 1.165) is 17.7 Å². The van der Waals surface area contributed by atoms with Gasteiger partial charge in [0, 0.05) is 19.7 Å². The van der Waals surface area contributed by atoms with Gasteiger partial charge < -0.3 is 25.0 Å². The fourth-order valence-electron chi connectivity index (χ4n) is 2.90. The first kappa shape index (κ1) is 25.6. The van der Waals surface area contributed by atoms with E-state index in [2.05, 4.69) is 5.32 Å². The van der Waals surface area contributed by atoms with Crippen molar-refractivity contribution in [2.24, 2.45) is 0 Å². The lowest BCUT2D eigenvalue weighted by Crippen LogP contribution is -2.48. The maximum atomic E-state index is 14.1. The molecule has 0 saturated carbocycles. The van der Waals surface area contributed by atoms with Gasteiger partial charge in [-0.2, -0.15) is 5.26 Å². The minimum Gasteiger partial charge on any atom is -0.493 e. The first-order valence-corrected chi connectivity index (χ1v) is 10.2. The van der Waals surface area contributed by atoms with Gasteiger partial charge >= 0.3 is 7.12 Å². The lowest BCUT2D eigenvalue weighted by molar-refractivity contribution is -0.124. The molecule has 2 aromatic rings. The molecule has 0 aromatic heterocycles. The molecule has 172 valence electrons. The highest BCUT2D eigenvalue weighted by Gasteiger charge is 2.25. The van der Waals surface area contributed by atoms with E-state index in [4.69, 9.17) is 4.74 Å². The fraction of sp³-hybridized carbons (Fsp3) is 0.261. The van der Waals surface area contributed by atoms with Crippen LogP contribution in [0.15, 0.2) is 54.1 Å². The van der Waals surface area contributed by atoms with Crippen molar-refractivity contribution in [3.63, 3.8) is 0 Å². The molecule has 2 rings (SSSR count). The fourth-order valence-corrected chi connectivity index (χ4v) is 2.90. The Balaban J connectivity index is 1.97. The van der Waals surface area contributed by atoms with E-state index in [-0.39, 0.29) is 36.3 Å². The average molecular weight is 453 g/mol. The highest BCUT2D eigenvalue weighted by atomic mass is 19.1. The monoisotopic (exact) mass is 453 g/mol. The van der Waals surface area contributed by atoms with Crippen LogP contribution in [0.3, 0.4) is 0 Å². The molecule has 0 bridgehead atoms. The summed E-state index contributed by atoms with van der Waals surface area (Å²) in [6, 6.07) is 14.7. The molecule has 0 aliphatic carbocycles. The second-order valence-electron chi connectivity index (χ2n) is 7.43. The van der Waals surface area contributed by atoms with E-state index >= 15 is 0 Å². The number of carbonyl (C=O) groups is 2. The number of halogens is 1. The van der Waals surface area contributed by atoms with Gasteiger partial charge in [-0.25, -0.2) is 4.39 Å². The Morgan fingerprint density at radius 2 is 1.94 bits per heavy atom. The van der Waals surface area contributed by atoms with Gasteiger partial charge in [-0.15, -0.1) is 0 Å². The number of nitrogens with zero attached hydrogens (tertiary/aromatic N) is 2. The zero-order valence-corrected chi connectivity index (χ0v) is 18.4. The van der Waals surface area contributed by atoms with Gasteiger partial charge in [-0.05, 0) is 36.3 Å². The summed E-state index contributed by atoms with van der Waals surface area (Å²) in [6.45, 7) is -0.0536. The maximum absolute atomic E-state index is 14.1. The van der Waals surface area contributed by atoms with Crippen molar-refractivity contribution in [1.29, 1.82) is 5.26 Å². The number of hydrogen-bond donors (Lipinski definition) is 3. The summed E-state index contributed by atoms with van der Waals surface area (Å²) in [5, 5.41) is 30.9. The summed E-state index contributed by atoms with van der Waals surface area (Å²) in [6.07, 6.45) is 1.29. The van der Waals surface area contributed by atoms with E-state index in [1.807, 2.05) is 30.3 Å². The highest BCUT2D eigenvalue weighted by Crippen LogP contribution is 2.20. The highest BCUT2D eigenvalue weighted by molar-refractivity contribution is 6.43. The summed E-state index contributed by atoms with van der Waals surface area (Å²) in [7, 11) is 1.23. The molecular formula is C23H25BFN3O5. The number of hydrogen-bond acceptors (Lipinski definition) is 6. The molecule has 0 spiro atoms. The number of nitriles is 1. The zero-order chi connectivity index (χ0) is 24.4. The second kappa shape index (κ2) is 12.4. The van der Waals surface area contributed by atoms with Crippen LogP contribution in [-0.4, -0.2) is 60.5 Å². The van der Waals surface area contributed by atoms with Gasteiger partial charge in [0.25, 0.3) is 5.91 Å². The average Bonchev–Trinajstić information content (AvgIpc) is 2.78. The SMILES string of the molecule is CN(C)C(=O)C(C#N)=Cc1cc(OCCC(=O)NC(Cc2ccccc2)B(O)O)ccc1F. The van der Waals surface area contributed by atoms with Crippen LogP contribution in [0.25, 0.3) is 6.08 Å². The predicted molar refractivity (Wildman–Crippen MR) is 121 cm³/mol. The number of carbonyl (C=O) groups excluding carboxylic acids is 2. The number of ether oxygens (including phenoxy) is 1. The first-order valence-electron chi connectivity index (χ1n) is 10.2. The molecule has 2 aromatic carbocycles. The van der Waals surface area contributed by atoms with Crippen LogP contribution in [0.4, 0.5) is 4.39 Å². The molecule has 2 amide bonds. The Bertz CT molecular complexity index is 1040. The summed E-state index contributed by atoms with van der Waals surface area (Å²) in [4.78, 5) is 25.4. The molecule has 0 fully saturated rings. The van der Waals surface area contributed by atoms with Gasteiger partial charge in [-0.1, -0.05) is 30.3 Å². The molecule has 3 N–H and O–H groups in total. The number of likely N-dealkylation sites (N-methyl/N-ethyl adjacent to an activating group) is 1. The molecule has 1 atom stereocenters. The number of benzene rings is 2. The Hall–Kier alpha value is -3.68. The quantitative estimate of drug-likeness (QED) is 0.284. The normalized spacial score (nSPS) is 11.8. The van der Waals surface area contributed by atoms with Crippen molar-refractivity contribution < 1.29 is 28.8 Å². The van der Waals surface area contributed by atoms with Gasteiger partial charge in [0.1, 0.15) is 23.2 Å². The summed E-state index contributed by atoms with van der Waals surface area (Å²) in [5.74, 6) is -2.29. The topological polar surface area (TPSA) is 123 Å². The van der Waals surface area contributed by atoms with E-state index in [9.17, 15) is 29.3 Å². The van der Waals surface area contributed by atoms with Crippen LogP contribution in [0.2, 0.25) is 0 Å². The summed E-state index contributed by atoms with van der Waals surface area (Å²) < 4.78 is 19.6. The van der Waals surface area contributed by atoms with E-state index in [1.165, 1.54) is 31.1 Å². The molecule has 10 heteroatoms. The smallest absolute Gasteiger partial charge is 0.475 e. The van der Waals surface area contributed by atoms with Crippen molar-refractivity contribution in [3.8, 4) is 11.8 Å². The molecule has 1 unspecified atom stereocenters. The molecule has 8 nitrogen and oxygen atoms in total. The molecule has 0 radical (unpaired) electrons. The van der Waals surface area contributed by atoms with Crippen molar-refractivity contribution in [2.45, 2.75) is 18.8 Å². The van der Waals surface area contributed by atoms with Gasteiger partial charge in [0.2, 0.25) is 5.91 Å². The summed E-state index contributed by atoms with van der Waals surface area (Å²) in [5.41, 5.74) is 0.598. The second-order valence-corrected chi connectivity index (χ2v) is 7.43. The van der Waals surface area contributed by atoms with Crippen LogP contribution in [-0.2, 0) is 16.0 Å². The van der Waals surface area contributed by atoms with E-state index < -0.39 is 30.7 Å².